The number of hydrogen-bond donors (Lipinski definition) is 1. The minimum absolute atomic E-state index is 0.581. The third-order valence-electron chi connectivity index (χ3n) is 2.42. The molecule has 0 aliphatic rings. The second kappa shape index (κ2) is 7.54. The van der Waals surface area contributed by atoms with Gasteiger partial charge < -0.3 is 14.6 Å². The fourth-order valence-corrected chi connectivity index (χ4v) is 1.69. The maximum Gasteiger partial charge on any atom is 0.125 e. The Bertz CT molecular complexity index is 339. The van der Waals surface area contributed by atoms with E-state index in [1.165, 1.54) is 0 Å². The molecule has 0 saturated heterocycles. The molecule has 1 rings (SSSR count). The Balaban J connectivity index is 2.52. The summed E-state index contributed by atoms with van der Waals surface area (Å²) in [5, 5.41) is 10.2. The van der Waals surface area contributed by atoms with Gasteiger partial charge in [0.15, 0.2) is 0 Å². The molecule has 0 aliphatic carbocycles. The van der Waals surface area contributed by atoms with E-state index in [1.54, 1.807) is 32.2 Å². The number of aliphatic hydroxyl groups excluding tert-OH is 1. The minimum atomic E-state index is -0.581. The molecule has 0 unspecified atom stereocenters. The predicted octanol–water partition coefficient (Wildman–Crippen LogP) is 3.20. The largest absolute Gasteiger partial charge is 0.493 e. The number of ether oxygens (including phenoxy) is 2. The molecule has 0 bridgehead atoms. The standard InChI is InChI=1S/C13H19ClO3/c1-10(15)12-9-11(14)5-6-13(12)17-8-4-3-7-16-2/h5-6,9-10,15H,3-4,7-8H2,1-2H3/t10-/m0/s1. The van der Waals surface area contributed by atoms with E-state index < -0.39 is 6.10 Å². The zero-order valence-electron chi connectivity index (χ0n) is 10.3. The van der Waals surface area contributed by atoms with Crippen LogP contribution in [-0.2, 0) is 4.74 Å². The normalized spacial score (nSPS) is 12.5. The molecule has 1 N–H and O–H groups in total. The Morgan fingerprint density at radius 1 is 1.29 bits per heavy atom. The SMILES string of the molecule is COCCCCOc1ccc(Cl)cc1[C@H](C)O. The van der Waals surface area contributed by atoms with E-state index in [1.807, 2.05) is 0 Å². The average molecular weight is 259 g/mol. The van der Waals surface area contributed by atoms with Crippen LogP contribution < -0.4 is 4.74 Å². The first-order chi connectivity index (χ1) is 8.15. The van der Waals surface area contributed by atoms with Crippen LogP contribution in [0.4, 0.5) is 0 Å². The molecule has 0 aliphatic heterocycles. The Hall–Kier alpha value is -0.770. The van der Waals surface area contributed by atoms with Gasteiger partial charge in [0.05, 0.1) is 12.7 Å². The average Bonchev–Trinajstić information content (AvgIpc) is 2.30. The van der Waals surface area contributed by atoms with Crippen LogP contribution in [0.25, 0.3) is 0 Å². The second-order valence-corrected chi connectivity index (χ2v) is 4.34. The van der Waals surface area contributed by atoms with Crippen molar-refractivity contribution >= 4 is 11.6 Å². The molecular weight excluding hydrogens is 240 g/mol. The fraction of sp³-hybridized carbons (Fsp3) is 0.538. The number of hydrogen-bond acceptors (Lipinski definition) is 3. The van der Waals surface area contributed by atoms with Crippen molar-refractivity contribution in [3.8, 4) is 5.75 Å². The van der Waals surface area contributed by atoms with E-state index in [4.69, 9.17) is 21.1 Å². The van der Waals surface area contributed by atoms with Crippen LogP contribution in [-0.4, -0.2) is 25.4 Å². The van der Waals surface area contributed by atoms with Crippen LogP contribution in [0.3, 0.4) is 0 Å². The number of halogens is 1. The van der Waals surface area contributed by atoms with E-state index in [2.05, 4.69) is 0 Å². The van der Waals surface area contributed by atoms with Gasteiger partial charge >= 0.3 is 0 Å². The van der Waals surface area contributed by atoms with Gasteiger partial charge in [0, 0.05) is 24.3 Å². The Kier molecular flexibility index (Phi) is 6.34. The summed E-state index contributed by atoms with van der Waals surface area (Å²) < 4.78 is 10.6. The predicted molar refractivity (Wildman–Crippen MR) is 68.7 cm³/mol. The van der Waals surface area contributed by atoms with Crippen molar-refractivity contribution in [1.82, 2.24) is 0 Å². The summed E-state index contributed by atoms with van der Waals surface area (Å²) in [6.45, 7) is 3.06. The molecule has 96 valence electrons. The fourth-order valence-electron chi connectivity index (χ4n) is 1.51. The summed E-state index contributed by atoms with van der Waals surface area (Å²) in [6.07, 6.45) is 1.31. The minimum Gasteiger partial charge on any atom is -0.493 e. The van der Waals surface area contributed by atoms with Gasteiger partial charge in [-0.25, -0.2) is 0 Å². The van der Waals surface area contributed by atoms with E-state index in [-0.39, 0.29) is 0 Å². The van der Waals surface area contributed by atoms with Crippen LogP contribution in [0.15, 0.2) is 18.2 Å². The van der Waals surface area contributed by atoms with Gasteiger partial charge in [-0.05, 0) is 38.0 Å². The highest BCUT2D eigenvalue weighted by Crippen LogP contribution is 2.28. The summed E-state index contributed by atoms with van der Waals surface area (Å²) in [5.41, 5.74) is 0.726. The first-order valence-corrected chi connectivity index (χ1v) is 6.12. The van der Waals surface area contributed by atoms with Gasteiger partial charge in [-0.15, -0.1) is 0 Å². The van der Waals surface area contributed by atoms with Crippen molar-refractivity contribution in [3.63, 3.8) is 0 Å². The molecule has 1 atom stereocenters. The van der Waals surface area contributed by atoms with Crippen LogP contribution >= 0.6 is 11.6 Å². The molecule has 1 aromatic carbocycles. The van der Waals surface area contributed by atoms with Gasteiger partial charge in [-0.3, -0.25) is 0 Å². The summed E-state index contributed by atoms with van der Waals surface area (Å²) in [4.78, 5) is 0. The quantitative estimate of drug-likeness (QED) is 0.764. The van der Waals surface area contributed by atoms with Crippen molar-refractivity contribution in [2.75, 3.05) is 20.3 Å². The van der Waals surface area contributed by atoms with Crippen molar-refractivity contribution in [3.05, 3.63) is 28.8 Å². The van der Waals surface area contributed by atoms with Gasteiger partial charge in [-0.1, -0.05) is 11.6 Å². The van der Waals surface area contributed by atoms with Crippen molar-refractivity contribution in [2.45, 2.75) is 25.9 Å². The molecular formula is C13H19ClO3. The summed E-state index contributed by atoms with van der Waals surface area (Å²) in [7, 11) is 1.69. The molecule has 3 nitrogen and oxygen atoms in total. The summed E-state index contributed by atoms with van der Waals surface area (Å²) >= 11 is 5.88. The highest BCUT2D eigenvalue weighted by atomic mass is 35.5. The first kappa shape index (κ1) is 14.3. The topological polar surface area (TPSA) is 38.7 Å². The van der Waals surface area contributed by atoms with Crippen LogP contribution in [0, 0.1) is 0 Å². The molecule has 0 spiro atoms. The van der Waals surface area contributed by atoms with E-state index in [0.717, 1.165) is 25.0 Å². The van der Waals surface area contributed by atoms with Crippen LogP contribution in [0.1, 0.15) is 31.4 Å². The number of unbranched alkanes of at least 4 members (excludes halogenated alkanes) is 1. The second-order valence-electron chi connectivity index (χ2n) is 3.91. The third-order valence-corrected chi connectivity index (χ3v) is 2.66. The van der Waals surface area contributed by atoms with E-state index in [0.29, 0.717) is 17.4 Å². The lowest BCUT2D eigenvalue weighted by atomic mass is 10.1. The van der Waals surface area contributed by atoms with Gasteiger partial charge in [0.25, 0.3) is 0 Å². The molecule has 4 heteroatoms. The monoisotopic (exact) mass is 258 g/mol. The Morgan fingerprint density at radius 2 is 2.00 bits per heavy atom. The molecule has 0 heterocycles. The lowest BCUT2D eigenvalue weighted by Crippen LogP contribution is -2.03. The molecule has 17 heavy (non-hydrogen) atoms. The number of aliphatic hydroxyl groups is 1. The number of methoxy groups -OCH3 is 1. The Labute approximate surface area is 107 Å². The third kappa shape index (κ3) is 4.94. The molecule has 1 aromatic rings. The van der Waals surface area contributed by atoms with E-state index >= 15 is 0 Å². The Morgan fingerprint density at radius 3 is 2.65 bits per heavy atom. The lowest BCUT2D eigenvalue weighted by Gasteiger charge is -2.13. The maximum absolute atomic E-state index is 9.61. The smallest absolute Gasteiger partial charge is 0.125 e. The maximum atomic E-state index is 9.61. The zero-order valence-corrected chi connectivity index (χ0v) is 11.0. The highest BCUT2D eigenvalue weighted by Gasteiger charge is 2.09. The van der Waals surface area contributed by atoms with Crippen LogP contribution in [0.5, 0.6) is 5.75 Å². The molecule has 0 saturated carbocycles. The van der Waals surface area contributed by atoms with Crippen molar-refractivity contribution < 1.29 is 14.6 Å². The van der Waals surface area contributed by atoms with Gasteiger partial charge in [-0.2, -0.15) is 0 Å². The zero-order chi connectivity index (χ0) is 12.7. The first-order valence-electron chi connectivity index (χ1n) is 5.74. The van der Waals surface area contributed by atoms with Crippen molar-refractivity contribution in [1.29, 1.82) is 0 Å². The summed E-state index contributed by atoms with van der Waals surface area (Å²) in [5.74, 6) is 0.696. The lowest BCUT2D eigenvalue weighted by molar-refractivity contribution is 0.178. The molecule has 0 aromatic heterocycles. The van der Waals surface area contributed by atoms with Gasteiger partial charge in [0.2, 0.25) is 0 Å². The van der Waals surface area contributed by atoms with E-state index in [9.17, 15) is 5.11 Å². The number of rotatable bonds is 7. The van der Waals surface area contributed by atoms with Crippen molar-refractivity contribution in [2.24, 2.45) is 0 Å². The highest BCUT2D eigenvalue weighted by molar-refractivity contribution is 6.30. The molecule has 0 fully saturated rings. The molecule has 0 radical (unpaired) electrons. The van der Waals surface area contributed by atoms with Gasteiger partial charge in [0.1, 0.15) is 5.75 Å². The molecule has 0 amide bonds. The summed E-state index contributed by atoms with van der Waals surface area (Å²) in [6, 6.07) is 5.29. The van der Waals surface area contributed by atoms with Crippen LogP contribution in [0.2, 0.25) is 5.02 Å². The number of benzene rings is 1.